The molecule has 0 amide bonds. The fourth-order valence-corrected chi connectivity index (χ4v) is 2.67. The van der Waals surface area contributed by atoms with Gasteiger partial charge in [-0.3, -0.25) is 9.59 Å². The summed E-state index contributed by atoms with van der Waals surface area (Å²) in [5.41, 5.74) is 1.77. The molecule has 0 radical (unpaired) electrons. The summed E-state index contributed by atoms with van der Waals surface area (Å²) in [5, 5.41) is 0.954. The highest BCUT2D eigenvalue weighted by Crippen LogP contribution is 2.17. The fraction of sp³-hybridized carbons (Fsp3) is 0.429. The first-order valence-corrected chi connectivity index (χ1v) is 7.48. The molecule has 0 fully saturated rings. The van der Waals surface area contributed by atoms with E-state index in [2.05, 4.69) is 13.0 Å². The topological polar surface area (TPSA) is 44.0 Å². The van der Waals surface area contributed by atoms with Gasteiger partial charge in [0.05, 0.1) is 6.54 Å². The van der Waals surface area contributed by atoms with E-state index in [1.165, 1.54) is 10.3 Å². The van der Waals surface area contributed by atoms with E-state index in [0.29, 0.717) is 5.52 Å². The molecule has 2 aromatic heterocycles. The number of nitrogens with zero attached hydrogens (tertiary/aromatic N) is 2. The summed E-state index contributed by atoms with van der Waals surface area (Å²) >= 11 is 1.71. The van der Waals surface area contributed by atoms with Crippen molar-refractivity contribution >= 4 is 37.3 Å². The Bertz CT molecular complexity index is 670. The third kappa shape index (κ3) is 2.91. The van der Waals surface area contributed by atoms with Crippen LogP contribution in [0.25, 0.3) is 10.9 Å². The van der Waals surface area contributed by atoms with E-state index >= 15 is 0 Å². The molecular weight excluding hydrogens is 355 g/mol. The second kappa shape index (κ2) is 5.90. The van der Waals surface area contributed by atoms with Crippen molar-refractivity contribution in [2.24, 2.45) is 7.05 Å². The molecule has 0 aliphatic rings. The van der Waals surface area contributed by atoms with Crippen LogP contribution in [0.4, 0.5) is 0 Å². The summed E-state index contributed by atoms with van der Waals surface area (Å²) in [6, 6.07) is 3.98. The zero-order valence-electron chi connectivity index (χ0n) is 11.1. The lowest BCUT2D eigenvalue weighted by atomic mass is 10.2. The molecule has 5 heteroatoms. The van der Waals surface area contributed by atoms with Crippen LogP contribution in [0, 0.1) is 0 Å². The van der Waals surface area contributed by atoms with Gasteiger partial charge < -0.3 is 9.13 Å². The summed E-state index contributed by atoms with van der Waals surface area (Å²) < 4.78 is 3.39. The van der Waals surface area contributed by atoms with Gasteiger partial charge in [-0.1, -0.05) is 13.3 Å². The van der Waals surface area contributed by atoms with Gasteiger partial charge in [0.25, 0.3) is 5.56 Å². The minimum Gasteiger partial charge on any atom is -0.343 e. The zero-order chi connectivity index (χ0) is 14.0. The number of carbonyl (C=O) groups is 1. The second-order valence-corrected chi connectivity index (χ2v) is 5.91. The smallest absolute Gasteiger partial charge is 0.275 e. The average Bonchev–Trinajstić information content (AvgIpc) is 2.67. The van der Waals surface area contributed by atoms with E-state index in [4.69, 9.17) is 0 Å². The van der Waals surface area contributed by atoms with Crippen molar-refractivity contribution in [2.75, 3.05) is 0 Å². The first-order chi connectivity index (χ1) is 9.04. The highest BCUT2D eigenvalue weighted by atomic mass is 127. The predicted molar refractivity (Wildman–Crippen MR) is 84.8 cm³/mol. The Kier molecular flexibility index (Phi) is 4.44. The Hall–Kier alpha value is -1.11. The molecule has 0 aliphatic carbocycles. The summed E-state index contributed by atoms with van der Waals surface area (Å²) in [6.07, 6.45) is 4.93. The molecule has 19 heavy (non-hydrogen) atoms. The van der Waals surface area contributed by atoms with Gasteiger partial charge in [-0.25, -0.2) is 0 Å². The van der Waals surface area contributed by atoms with Crippen molar-refractivity contribution in [1.29, 1.82) is 0 Å². The highest BCUT2D eigenvalue weighted by Gasteiger charge is 2.11. The Morgan fingerprint density at radius 3 is 2.79 bits per heavy atom. The number of pyridine rings is 1. The Balaban J connectivity index is 2.52. The van der Waals surface area contributed by atoms with Crippen LogP contribution in [0.3, 0.4) is 0 Å². The molecule has 102 valence electrons. The van der Waals surface area contributed by atoms with Crippen LogP contribution >= 0.6 is 22.6 Å². The molecule has 2 rings (SSSR count). The molecule has 0 unspecified atom stereocenters. The fourth-order valence-electron chi connectivity index (χ4n) is 2.31. The largest absolute Gasteiger partial charge is 0.343 e. The van der Waals surface area contributed by atoms with Gasteiger partial charge in [-0.15, -0.1) is 0 Å². The molecule has 0 saturated carbocycles. The number of unbranched alkanes of at least 4 members (excludes halogenated alkanes) is 1. The summed E-state index contributed by atoms with van der Waals surface area (Å²) in [7, 11) is 1.92. The average molecular weight is 372 g/mol. The first kappa shape index (κ1) is 14.3. The van der Waals surface area contributed by atoms with Crippen LogP contribution in [-0.4, -0.2) is 12.9 Å². The molecule has 0 spiro atoms. The van der Waals surface area contributed by atoms with Crippen molar-refractivity contribution in [1.82, 2.24) is 9.13 Å². The molecule has 2 aromatic rings. The molecule has 0 N–H and O–H groups in total. The normalized spacial score (nSPS) is 11.1. The Labute approximate surface area is 125 Å². The molecule has 2 heterocycles. The number of aryl methyl sites for hydroxylation is 2. The van der Waals surface area contributed by atoms with Gasteiger partial charge in [0.15, 0.2) is 0 Å². The Morgan fingerprint density at radius 1 is 1.42 bits per heavy atom. The summed E-state index contributed by atoms with van der Waals surface area (Å²) in [6.45, 7) is 2.28. The number of carbonyl (C=O) groups excluding carboxylic acids is 1. The monoisotopic (exact) mass is 372 g/mol. The van der Waals surface area contributed by atoms with E-state index < -0.39 is 0 Å². The molecular formula is C14H17IN2O2. The lowest BCUT2D eigenvalue weighted by molar-refractivity contribution is -0.109. The van der Waals surface area contributed by atoms with Crippen LogP contribution < -0.4 is 5.56 Å². The van der Waals surface area contributed by atoms with Gasteiger partial charge in [0.1, 0.15) is 5.52 Å². The number of hydrogen-bond donors (Lipinski definition) is 0. The maximum Gasteiger partial charge on any atom is 0.275 e. The number of halogens is 1. The standard InChI is InChI=1S/C14H17IN2O2/c1-3-4-5-11-8-10-6-7-17(9-12(15)18)14(19)13(10)16(11)2/h6-8H,3-5,9H2,1-2H3. The van der Waals surface area contributed by atoms with E-state index in [9.17, 15) is 9.59 Å². The first-order valence-electron chi connectivity index (χ1n) is 6.40. The van der Waals surface area contributed by atoms with Gasteiger partial charge in [0.2, 0.25) is 3.79 Å². The maximum atomic E-state index is 12.4. The van der Waals surface area contributed by atoms with Gasteiger partial charge >= 0.3 is 0 Å². The Morgan fingerprint density at radius 2 is 2.16 bits per heavy atom. The third-order valence-corrected chi connectivity index (χ3v) is 3.68. The molecule has 0 aromatic carbocycles. The zero-order valence-corrected chi connectivity index (χ0v) is 13.3. The minimum absolute atomic E-state index is 0.0422. The van der Waals surface area contributed by atoms with Gasteiger partial charge in [-0.05, 0) is 25.0 Å². The lowest BCUT2D eigenvalue weighted by Crippen LogP contribution is -2.23. The molecule has 0 saturated heterocycles. The summed E-state index contributed by atoms with van der Waals surface area (Å²) in [5.74, 6) is 0. The number of hydrogen-bond acceptors (Lipinski definition) is 2. The van der Waals surface area contributed by atoms with Crippen LogP contribution in [-0.2, 0) is 24.8 Å². The lowest BCUT2D eigenvalue weighted by Gasteiger charge is -2.05. The van der Waals surface area contributed by atoms with Crippen molar-refractivity contribution in [3.05, 3.63) is 34.4 Å². The number of rotatable bonds is 5. The van der Waals surface area contributed by atoms with Crippen molar-refractivity contribution in [2.45, 2.75) is 32.7 Å². The van der Waals surface area contributed by atoms with Crippen LogP contribution in [0.5, 0.6) is 0 Å². The third-order valence-electron chi connectivity index (χ3n) is 3.34. The molecule has 0 aliphatic heterocycles. The van der Waals surface area contributed by atoms with Crippen LogP contribution in [0.15, 0.2) is 23.1 Å². The minimum atomic E-state index is -0.0900. The summed E-state index contributed by atoms with van der Waals surface area (Å²) in [4.78, 5) is 23.5. The predicted octanol–water partition coefficient (Wildman–Crippen LogP) is 2.64. The van der Waals surface area contributed by atoms with Crippen LogP contribution in [0.1, 0.15) is 25.5 Å². The van der Waals surface area contributed by atoms with E-state index in [1.54, 1.807) is 28.8 Å². The maximum absolute atomic E-state index is 12.4. The second-order valence-electron chi connectivity index (χ2n) is 4.71. The SMILES string of the molecule is CCCCc1cc2ccn(CC(=O)I)c(=O)c2n1C. The van der Waals surface area contributed by atoms with Crippen molar-refractivity contribution in [3.8, 4) is 0 Å². The van der Waals surface area contributed by atoms with Crippen molar-refractivity contribution < 1.29 is 4.79 Å². The van der Waals surface area contributed by atoms with E-state index in [1.807, 2.05) is 17.7 Å². The van der Waals surface area contributed by atoms with Gasteiger partial charge in [-0.2, -0.15) is 0 Å². The number of aromatic nitrogens is 2. The molecule has 0 bridgehead atoms. The van der Waals surface area contributed by atoms with E-state index in [0.717, 1.165) is 24.6 Å². The number of fused-ring (bicyclic) bond motifs is 1. The molecule has 0 atom stereocenters. The van der Waals surface area contributed by atoms with Crippen molar-refractivity contribution in [3.63, 3.8) is 0 Å². The quantitative estimate of drug-likeness (QED) is 0.598. The van der Waals surface area contributed by atoms with Crippen LogP contribution in [0.2, 0.25) is 0 Å². The van der Waals surface area contributed by atoms with E-state index in [-0.39, 0.29) is 15.9 Å². The highest BCUT2D eigenvalue weighted by molar-refractivity contribution is 14.1. The van der Waals surface area contributed by atoms with Gasteiger partial charge in [0, 0.05) is 46.9 Å². The molecule has 4 nitrogen and oxygen atoms in total.